The number of phenolic OH excluding ortho intramolecular Hbond substituents is 1. The second-order valence-corrected chi connectivity index (χ2v) is 6.66. The van der Waals surface area contributed by atoms with Gasteiger partial charge in [-0.05, 0) is 60.6 Å². The first kappa shape index (κ1) is 14.2. The molecule has 1 aliphatic carbocycles. The lowest BCUT2D eigenvalue weighted by Crippen LogP contribution is -2.24. The molecule has 1 heteroatoms. The zero-order valence-corrected chi connectivity index (χ0v) is 12.4. The maximum atomic E-state index is 9.28. The van der Waals surface area contributed by atoms with E-state index in [4.69, 9.17) is 0 Å². The Morgan fingerprint density at radius 1 is 1.16 bits per heavy atom. The molecule has 1 nitrogen and oxygen atoms in total. The number of aromatic hydroxyl groups is 1. The topological polar surface area (TPSA) is 20.2 Å². The van der Waals surface area contributed by atoms with Gasteiger partial charge in [-0.3, -0.25) is 0 Å². The third kappa shape index (κ3) is 3.86. The van der Waals surface area contributed by atoms with E-state index in [9.17, 15) is 5.11 Å². The van der Waals surface area contributed by atoms with Crippen molar-refractivity contribution in [2.24, 2.45) is 17.3 Å². The first-order valence-electron chi connectivity index (χ1n) is 7.47. The van der Waals surface area contributed by atoms with Crippen molar-refractivity contribution in [2.75, 3.05) is 0 Å². The Morgan fingerprint density at radius 2 is 1.74 bits per heavy atom. The summed E-state index contributed by atoms with van der Waals surface area (Å²) < 4.78 is 0. The molecule has 0 amide bonds. The van der Waals surface area contributed by atoms with Crippen LogP contribution in [0, 0.1) is 17.3 Å². The van der Waals surface area contributed by atoms with Crippen LogP contribution in [0.2, 0.25) is 0 Å². The predicted molar refractivity (Wildman–Crippen MR) is 82.0 cm³/mol. The summed E-state index contributed by atoms with van der Waals surface area (Å²) in [6.07, 6.45) is 9.88. The van der Waals surface area contributed by atoms with Crippen LogP contribution in [0.5, 0.6) is 5.75 Å². The molecule has 1 aliphatic rings. The summed E-state index contributed by atoms with van der Waals surface area (Å²) in [6, 6.07) is 7.43. The number of hydrogen-bond acceptors (Lipinski definition) is 1. The standard InChI is InChI=1S/C18H26O/c1-14(2)16-9-12-18(3,13-10-16)11-8-15-4-6-17(19)7-5-15/h4-8,11,14,16,19H,9-10,12-13H2,1-3H3/b11-8+. The molecule has 0 unspecified atom stereocenters. The summed E-state index contributed by atoms with van der Waals surface area (Å²) in [5, 5.41) is 9.28. The van der Waals surface area contributed by atoms with Crippen LogP contribution in [0.3, 0.4) is 0 Å². The van der Waals surface area contributed by atoms with E-state index in [1.807, 2.05) is 12.1 Å². The Kier molecular flexibility index (Phi) is 4.34. The zero-order valence-electron chi connectivity index (χ0n) is 12.4. The molecule has 1 saturated carbocycles. The number of benzene rings is 1. The molecule has 0 aromatic heterocycles. The van der Waals surface area contributed by atoms with Gasteiger partial charge in [-0.1, -0.05) is 45.1 Å². The van der Waals surface area contributed by atoms with E-state index in [0.29, 0.717) is 11.2 Å². The van der Waals surface area contributed by atoms with Crippen LogP contribution in [-0.4, -0.2) is 5.11 Å². The average Bonchev–Trinajstić information content (AvgIpc) is 2.39. The van der Waals surface area contributed by atoms with E-state index in [1.165, 1.54) is 31.2 Å². The minimum absolute atomic E-state index is 0.334. The van der Waals surface area contributed by atoms with Gasteiger partial charge in [0.05, 0.1) is 0 Å². The molecule has 0 atom stereocenters. The number of rotatable bonds is 3. The van der Waals surface area contributed by atoms with E-state index >= 15 is 0 Å². The molecular formula is C18H26O. The van der Waals surface area contributed by atoms with Crippen LogP contribution < -0.4 is 0 Å². The van der Waals surface area contributed by atoms with Gasteiger partial charge in [-0.25, -0.2) is 0 Å². The van der Waals surface area contributed by atoms with Crippen molar-refractivity contribution in [3.8, 4) is 5.75 Å². The lowest BCUT2D eigenvalue weighted by atomic mass is 9.69. The molecule has 0 saturated heterocycles. The van der Waals surface area contributed by atoms with Gasteiger partial charge in [0, 0.05) is 0 Å². The zero-order chi connectivity index (χ0) is 13.9. The first-order chi connectivity index (χ1) is 8.98. The van der Waals surface area contributed by atoms with Crippen molar-refractivity contribution in [2.45, 2.75) is 46.5 Å². The molecule has 19 heavy (non-hydrogen) atoms. The molecule has 2 rings (SSSR count). The molecule has 0 aliphatic heterocycles. The van der Waals surface area contributed by atoms with Gasteiger partial charge in [0.25, 0.3) is 0 Å². The monoisotopic (exact) mass is 258 g/mol. The van der Waals surface area contributed by atoms with E-state index in [1.54, 1.807) is 12.1 Å². The predicted octanol–water partition coefficient (Wildman–Crippen LogP) is 5.26. The van der Waals surface area contributed by atoms with Crippen LogP contribution in [0.4, 0.5) is 0 Å². The van der Waals surface area contributed by atoms with Crippen LogP contribution in [-0.2, 0) is 0 Å². The van der Waals surface area contributed by atoms with Gasteiger partial charge in [-0.15, -0.1) is 0 Å². The van der Waals surface area contributed by atoms with Gasteiger partial charge in [0.2, 0.25) is 0 Å². The van der Waals surface area contributed by atoms with E-state index in [-0.39, 0.29) is 0 Å². The normalized spacial score (nSPS) is 28.1. The minimum Gasteiger partial charge on any atom is -0.508 e. The summed E-state index contributed by atoms with van der Waals surface area (Å²) in [5.74, 6) is 2.07. The Balaban J connectivity index is 1.97. The van der Waals surface area contributed by atoms with Crippen LogP contribution in [0.1, 0.15) is 52.0 Å². The molecule has 0 spiro atoms. The average molecular weight is 258 g/mol. The van der Waals surface area contributed by atoms with Crippen LogP contribution in [0.25, 0.3) is 6.08 Å². The van der Waals surface area contributed by atoms with Crippen molar-refractivity contribution >= 4 is 6.08 Å². The largest absolute Gasteiger partial charge is 0.508 e. The van der Waals surface area contributed by atoms with Crippen molar-refractivity contribution in [1.82, 2.24) is 0 Å². The maximum Gasteiger partial charge on any atom is 0.115 e. The third-order valence-corrected chi connectivity index (χ3v) is 4.69. The Morgan fingerprint density at radius 3 is 2.26 bits per heavy atom. The lowest BCUT2D eigenvalue weighted by Gasteiger charge is -2.36. The molecule has 0 bridgehead atoms. The van der Waals surface area contributed by atoms with Crippen molar-refractivity contribution in [3.05, 3.63) is 35.9 Å². The SMILES string of the molecule is CC(C)C1CCC(C)(/C=C/c2ccc(O)cc2)CC1. The lowest BCUT2D eigenvalue weighted by molar-refractivity contribution is 0.185. The molecule has 1 aromatic carbocycles. The molecule has 104 valence electrons. The summed E-state index contributed by atoms with van der Waals surface area (Å²) >= 11 is 0. The Labute approximate surface area is 117 Å². The number of hydrogen-bond donors (Lipinski definition) is 1. The van der Waals surface area contributed by atoms with Gasteiger partial charge >= 0.3 is 0 Å². The van der Waals surface area contributed by atoms with E-state index in [0.717, 1.165) is 11.8 Å². The van der Waals surface area contributed by atoms with Gasteiger partial charge < -0.3 is 5.11 Å². The highest BCUT2D eigenvalue weighted by Gasteiger charge is 2.29. The second kappa shape index (κ2) is 5.81. The molecular weight excluding hydrogens is 232 g/mol. The van der Waals surface area contributed by atoms with Crippen molar-refractivity contribution in [3.63, 3.8) is 0 Å². The fraction of sp³-hybridized carbons (Fsp3) is 0.556. The highest BCUT2D eigenvalue weighted by Crippen LogP contribution is 2.42. The minimum atomic E-state index is 0.334. The fourth-order valence-electron chi connectivity index (χ4n) is 3.02. The second-order valence-electron chi connectivity index (χ2n) is 6.66. The van der Waals surface area contributed by atoms with E-state index in [2.05, 4.69) is 32.9 Å². The molecule has 0 radical (unpaired) electrons. The first-order valence-corrected chi connectivity index (χ1v) is 7.47. The van der Waals surface area contributed by atoms with Crippen LogP contribution in [0.15, 0.2) is 30.3 Å². The van der Waals surface area contributed by atoms with Gasteiger partial charge in [0.15, 0.2) is 0 Å². The van der Waals surface area contributed by atoms with E-state index < -0.39 is 0 Å². The summed E-state index contributed by atoms with van der Waals surface area (Å²) in [7, 11) is 0. The van der Waals surface area contributed by atoms with Gasteiger partial charge in [0.1, 0.15) is 5.75 Å². The molecule has 1 aromatic rings. The summed E-state index contributed by atoms with van der Waals surface area (Å²) in [4.78, 5) is 0. The maximum absolute atomic E-state index is 9.28. The third-order valence-electron chi connectivity index (χ3n) is 4.69. The number of allylic oxidation sites excluding steroid dienone is 1. The smallest absolute Gasteiger partial charge is 0.115 e. The van der Waals surface area contributed by atoms with Crippen molar-refractivity contribution in [1.29, 1.82) is 0 Å². The summed E-state index contributed by atoms with van der Waals surface area (Å²) in [5.41, 5.74) is 1.52. The quantitative estimate of drug-likeness (QED) is 0.784. The highest BCUT2D eigenvalue weighted by molar-refractivity contribution is 5.51. The van der Waals surface area contributed by atoms with Crippen LogP contribution >= 0.6 is 0 Å². The summed E-state index contributed by atoms with van der Waals surface area (Å²) in [6.45, 7) is 7.07. The number of phenols is 1. The fourth-order valence-corrected chi connectivity index (χ4v) is 3.02. The highest BCUT2D eigenvalue weighted by atomic mass is 16.3. The molecule has 1 N–H and O–H groups in total. The molecule has 0 heterocycles. The molecule has 1 fully saturated rings. The Bertz CT molecular complexity index is 420. The van der Waals surface area contributed by atoms with Gasteiger partial charge in [-0.2, -0.15) is 0 Å². The van der Waals surface area contributed by atoms with Crippen molar-refractivity contribution < 1.29 is 5.11 Å². The Hall–Kier alpha value is -1.24.